The van der Waals surface area contributed by atoms with Crippen molar-refractivity contribution in [2.75, 3.05) is 6.54 Å². The number of carboxylic acids is 1. The lowest BCUT2D eigenvalue weighted by Gasteiger charge is -2.32. The van der Waals surface area contributed by atoms with Gasteiger partial charge in [-0.05, 0) is 49.9 Å². The maximum absolute atomic E-state index is 11.7. The fourth-order valence-electron chi connectivity index (χ4n) is 3.48. The number of rotatable bonds is 4. The highest BCUT2D eigenvalue weighted by molar-refractivity contribution is 5.74. The minimum Gasteiger partial charge on any atom is -0.480 e. The van der Waals surface area contributed by atoms with Gasteiger partial charge in [-0.3, -0.25) is 14.7 Å². The number of aromatic nitrogens is 1. The molecule has 120 valence electrons. The van der Waals surface area contributed by atoms with Crippen LogP contribution in [0.5, 0.6) is 0 Å². The molecule has 4 nitrogen and oxygen atoms in total. The molecule has 2 atom stereocenters. The highest BCUT2D eigenvalue weighted by atomic mass is 16.4. The van der Waals surface area contributed by atoms with E-state index in [1.807, 2.05) is 37.3 Å². The Morgan fingerprint density at radius 3 is 2.70 bits per heavy atom. The minimum atomic E-state index is -0.742. The van der Waals surface area contributed by atoms with E-state index in [1.165, 1.54) is 0 Å². The maximum atomic E-state index is 11.7. The van der Waals surface area contributed by atoms with E-state index in [-0.39, 0.29) is 6.04 Å². The quantitative estimate of drug-likeness (QED) is 0.941. The van der Waals surface area contributed by atoms with Crippen molar-refractivity contribution in [3.8, 4) is 0 Å². The zero-order valence-corrected chi connectivity index (χ0v) is 13.6. The molecule has 0 bridgehead atoms. The van der Waals surface area contributed by atoms with Gasteiger partial charge in [-0.25, -0.2) is 0 Å². The third-order valence-electron chi connectivity index (χ3n) is 4.58. The molecule has 1 aromatic heterocycles. The van der Waals surface area contributed by atoms with Gasteiger partial charge >= 0.3 is 5.97 Å². The summed E-state index contributed by atoms with van der Waals surface area (Å²) in [6.07, 6.45) is 1.61. The van der Waals surface area contributed by atoms with Crippen molar-refractivity contribution in [1.82, 2.24) is 9.88 Å². The Hall–Kier alpha value is -2.20. The van der Waals surface area contributed by atoms with Crippen LogP contribution >= 0.6 is 0 Å². The van der Waals surface area contributed by atoms with Crippen molar-refractivity contribution in [1.29, 1.82) is 0 Å². The van der Waals surface area contributed by atoms with Gasteiger partial charge in [0.2, 0.25) is 0 Å². The number of hydrogen-bond acceptors (Lipinski definition) is 3. The van der Waals surface area contributed by atoms with Gasteiger partial charge in [0.25, 0.3) is 0 Å². The van der Waals surface area contributed by atoms with Crippen molar-refractivity contribution < 1.29 is 9.90 Å². The van der Waals surface area contributed by atoms with Crippen molar-refractivity contribution in [2.24, 2.45) is 0 Å². The molecule has 1 aliphatic rings. The molecule has 1 aromatic carbocycles. The van der Waals surface area contributed by atoms with E-state index >= 15 is 0 Å². The molecule has 2 heterocycles. The average molecular weight is 310 g/mol. The summed E-state index contributed by atoms with van der Waals surface area (Å²) in [7, 11) is 0. The molecule has 1 fully saturated rings. The first-order chi connectivity index (χ1) is 11.1. The van der Waals surface area contributed by atoms with Crippen molar-refractivity contribution >= 4 is 5.97 Å². The number of benzene rings is 1. The van der Waals surface area contributed by atoms with Gasteiger partial charge in [-0.2, -0.15) is 0 Å². The Balaban J connectivity index is 2.11. The van der Waals surface area contributed by atoms with Gasteiger partial charge in [0.05, 0.1) is 11.7 Å². The van der Waals surface area contributed by atoms with Crippen LogP contribution in [0.1, 0.15) is 41.4 Å². The smallest absolute Gasteiger partial charge is 0.320 e. The van der Waals surface area contributed by atoms with E-state index in [0.29, 0.717) is 6.42 Å². The molecule has 0 radical (unpaired) electrons. The van der Waals surface area contributed by atoms with E-state index in [1.54, 1.807) is 0 Å². The number of hydrogen-bond donors (Lipinski definition) is 1. The molecule has 0 amide bonds. The zero-order valence-electron chi connectivity index (χ0n) is 13.6. The van der Waals surface area contributed by atoms with Gasteiger partial charge in [-0.1, -0.05) is 30.3 Å². The number of pyridine rings is 1. The summed E-state index contributed by atoms with van der Waals surface area (Å²) in [5.41, 5.74) is 4.18. The van der Waals surface area contributed by atoms with Crippen LogP contribution in [0.3, 0.4) is 0 Å². The monoisotopic (exact) mass is 310 g/mol. The molecule has 0 saturated carbocycles. The van der Waals surface area contributed by atoms with E-state index in [4.69, 9.17) is 4.98 Å². The Kier molecular flexibility index (Phi) is 4.44. The molecule has 1 N–H and O–H groups in total. The molecule has 4 heteroatoms. The van der Waals surface area contributed by atoms with Crippen LogP contribution in [0, 0.1) is 13.8 Å². The van der Waals surface area contributed by atoms with Gasteiger partial charge in [0, 0.05) is 12.2 Å². The Morgan fingerprint density at radius 2 is 2.00 bits per heavy atom. The maximum Gasteiger partial charge on any atom is 0.320 e. The minimum absolute atomic E-state index is 0.111. The van der Waals surface area contributed by atoms with E-state index in [9.17, 15) is 9.90 Å². The van der Waals surface area contributed by atoms with E-state index in [2.05, 4.69) is 24.0 Å². The van der Waals surface area contributed by atoms with Crippen LogP contribution in [0.2, 0.25) is 0 Å². The first kappa shape index (κ1) is 15.7. The normalized spacial score (nSPS) is 19.7. The Labute approximate surface area is 136 Å². The second-order valence-electron chi connectivity index (χ2n) is 6.20. The number of aliphatic carboxylic acids is 1. The summed E-state index contributed by atoms with van der Waals surface area (Å²) in [6, 6.07) is 13.6. The summed E-state index contributed by atoms with van der Waals surface area (Å²) < 4.78 is 0. The zero-order chi connectivity index (χ0) is 16.4. The molecule has 23 heavy (non-hydrogen) atoms. The van der Waals surface area contributed by atoms with Crippen molar-refractivity contribution in [2.45, 2.75) is 38.8 Å². The van der Waals surface area contributed by atoms with Crippen LogP contribution in [0.4, 0.5) is 0 Å². The van der Waals surface area contributed by atoms with Crippen LogP contribution in [-0.2, 0) is 4.79 Å². The van der Waals surface area contributed by atoms with Crippen molar-refractivity contribution in [3.63, 3.8) is 0 Å². The highest BCUT2D eigenvalue weighted by Gasteiger charge is 2.37. The van der Waals surface area contributed by atoms with Crippen LogP contribution < -0.4 is 0 Å². The molecule has 1 aliphatic heterocycles. The molecule has 2 aromatic rings. The lowest BCUT2D eigenvalue weighted by atomic mass is 9.96. The van der Waals surface area contributed by atoms with Crippen LogP contribution in [-0.4, -0.2) is 33.5 Å². The number of aryl methyl sites for hydroxylation is 2. The fraction of sp³-hybridized carbons (Fsp3) is 0.368. The van der Waals surface area contributed by atoms with Crippen LogP contribution in [0.25, 0.3) is 0 Å². The third-order valence-corrected chi connectivity index (χ3v) is 4.58. The van der Waals surface area contributed by atoms with Gasteiger partial charge < -0.3 is 5.11 Å². The topological polar surface area (TPSA) is 53.4 Å². The Bertz CT molecular complexity index is 714. The molecule has 3 rings (SSSR count). The summed E-state index contributed by atoms with van der Waals surface area (Å²) in [5.74, 6) is -0.742. The average Bonchev–Trinajstić information content (AvgIpc) is 2.99. The van der Waals surface area contributed by atoms with Gasteiger partial charge in [0.1, 0.15) is 6.04 Å². The largest absolute Gasteiger partial charge is 0.480 e. The lowest BCUT2D eigenvalue weighted by Crippen LogP contribution is -2.39. The molecular formula is C19H22N2O2. The molecule has 0 aliphatic carbocycles. The predicted octanol–water partition coefficient (Wildman–Crippen LogP) is 3.34. The summed E-state index contributed by atoms with van der Waals surface area (Å²) >= 11 is 0. The number of carbonyl (C=O) groups is 1. The molecule has 2 unspecified atom stereocenters. The molecule has 0 spiro atoms. The summed E-state index contributed by atoms with van der Waals surface area (Å²) in [6.45, 7) is 4.83. The lowest BCUT2D eigenvalue weighted by molar-refractivity contribution is -0.142. The van der Waals surface area contributed by atoms with Gasteiger partial charge in [0.15, 0.2) is 0 Å². The first-order valence-electron chi connectivity index (χ1n) is 8.05. The number of nitrogens with zero attached hydrogens (tertiary/aromatic N) is 2. The van der Waals surface area contributed by atoms with Crippen molar-refractivity contribution in [3.05, 3.63) is 65.0 Å². The molecular weight excluding hydrogens is 288 g/mol. The summed E-state index contributed by atoms with van der Waals surface area (Å²) in [5, 5.41) is 9.59. The predicted molar refractivity (Wildman–Crippen MR) is 89.4 cm³/mol. The summed E-state index contributed by atoms with van der Waals surface area (Å²) in [4.78, 5) is 18.5. The van der Waals surface area contributed by atoms with Crippen LogP contribution in [0.15, 0.2) is 42.5 Å². The number of likely N-dealkylation sites (tertiary alicyclic amines) is 1. The number of carboxylic acid groups (broad SMARTS) is 1. The highest BCUT2D eigenvalue weighted by Crippen LogP contribution is 2.35. The second kappa shape index (κ2) is 6.50. The van der Waals surface area contributed by atoms with Gasteiger partial charge in [-0.15, -0.1) is 0 Å². The standard InChI is InChI=1S/C19H22N2O2/c1-13-7-3-4-9-15(13)18(16-10-5-8-14(2)20-16)21-12-6-11-17(21)19(22)23/h3-5,7-10,17-18H,6,11-12H2,1-2H3,(H,22,23). The third kappa shape index (κ3) is 3.13. The second-order valence-corrected chi connectivity index (χ2v) is 6.20. The van der Waals surface area contributed by atoms with E-state index in [0.717, 1.165) is 35.5 Å². The molecule has 1 saturated heterocycles. The SMILES string of the molecule is Cc1cccc(C(c2ccccc2C)N2CCCC2C(=O)O)n1. The van der Waals surface area contributed by atoms with E-state index < -0.39 is 12.0 Å². The first-order valence-corrected chi connectivity index (χ1v) is 8.05. The fourth-order valence-corrected chi connectivity index (χ4v) is 3.48. The Morgan fingerprint density at radius 1 is 1.22 bits per heavy atom.